The van der Waals surface area contributed by atoms with Crippen LogP contribution in [0.5, 0.6) is 5.88 Å². The normalized spacial score (nSPS) is 17.1. The number of aliphatic hydroxyl groups is 1. The molecule has 88 valence electrons. The smallest absolute Gasteiger partial charge is 0.212 e. The van der Waals surface area contributed by atoms with Crippen molar-refractivity contribution < 1.29 is 9.84 Å². The van der Waals surface area contributed by atoms with Gasteiger partial charge in [-0.3, -0.25) is 0 Å². The van der Waals surface area contributed by atoms with Gasteiger partial charge in [-0.15, -0.1) is 0 Å². The number of aromatic nitrogens is 1. The average Bonchev–Trinajstić information content (AvgIpc) is 3.11. The highest BCUT2D eigenvalue weighted by atomic mass is 16.5. The molecule has 1 aliphatic carbocycles. The van der Waals surface area contributed by atoms with Crippen molar-refractivity contribution in [1.82, 2.24) is 10.3 Å². The molecule has 0 radical (unpaired) electrons. The van der Waals surface area contributed by atoms with E-state index in [1.165, 1.54) is 0 Å². The molecule has 0 aromatic carbocycles. The molecule has 0 unspecified atom stereocenters. The van der Waals surface area contributed by atoms with Gasteiger partial charge in [0, 0.05) is 37.4 Å². The lowest BCUT2D eigenvalue weighted by Crippen LogP contribution is -2.26. The molecule has 4 nitrogen and oxygen atoms in total. The highest BCUT2D eigenvalue weighted by Crippen LogP contribution is 2.44. The highest BCUT2D eigenvalue weighted by molar-refractivity contribution is 5.17. The molecule has 0 aliphatic heterocycles. The molecule has 1 aromatic rings. The maximum absolute atomic E-state index is 9.15. The number of hydrogen-bond acceptors (Lipinski definition) is 4. The van der Waals surface area contributed by atoms with Crippen molar-refractivity contribution in [3.05, 3.63) is 23.9 Å². The van der Waals surface area contributed by atoms with Gasteiger partial charge in [0.1, 0.15) is 0 Å². The van der Waals surface area contributed by atoms with Crippen LogP contribution in [0.4, 0.5) is 0 Å². The number of rotatable bonds is 6. The van der Waals surface area contributed by atoms with Crippen LogP contribution in [0.25, 0.3) is 0 Å². The van der Waals surface area contributed by atoms with Crippen LogP contribution < -0.4 is 10.1 Å². The lowest BCUT2D eigenvalue weighted by atomic mass is 10.1. The predicted molar refractivity (Wildman–Crippen MR) is 61.2 cm³/mol. The molecule has 1 fully saturated rings. The third-order valence-electron chi connectivity index (χ3n) is 3.13. The van der Waals surface area contributed by atoms with Gasteiger partial charge in [0.15, 0.2) is 0 Å². The molecule has 0 spiro atoms. The zero-order chi connectivity index (χ0) is 11.4. The highest BCUT2D eigenvalue weighted by Gasteiger charge is 2.41. The summed E-state index contributed by atoms with van der Waals surface area (Å²) < 4.78 is 4.99. The third-order valence-corrected chi connectivity index (χ3v) is 3.13. The molecule has 0 bridgehead atoms. The topological polar surface area (TPSA) is 54.4 Å². The summed E-state index contributed by atoms with van der Waals surface area (Å²) >= 11 is 0. The van der Waals surface area contributed by atoms with Crippen molar-refractivity contribution >= 4 is 0 Å². The minimum atomic E-state index is 0.167. The molecule has 1 aliphatic rings. The van der Waals surface area contributed by atoms with E-state index in [2.05, 4.69) is 10.3 Å². The van der Waals surface area contributed by atoms with E-state index in [1.807, 2.05) is 18.3 Å². The molecule has 0 amide bonds. The van der Waals surface area contributed by atoms with E-state index in [1.54, 1.807) is 7.11 Å². The second-order valence-corrected chi connectivity index (χ2v) is 4.47. The number of nitrogens with one attached hydrogen (secondary N) is 1. The van der Waals surface area contributed by atoms with Crippen molar-refractivity contribution in [3.63, 3.8) is 0 Å². The predicted octanol–water partition coefficient (Wildman–Crippen LogP) is 0.952. The monoisotopic (exact) mass is 222 g/mol. The molecular weight excluding hydrogens is 204 g/mol. The Labute approximate surface area is 95.7 Å². The fourth-order valence-corrected chi connectivity index (χ4v) is 1.68. The first-order valence-corrected chi connectivity index (χ1v) is 5.58. The average molecular weight is 222 g/mol. The Morgan fingerprint density at radius 3 is 2.81 bits per heavy atom. The Morgan fingerprint density at radius 1 is 1.50 bits per heavy atom. The van der Waals surface area contributed by atoms with Gasteiger partial charge in [-0.1, -0.05) is 6.07 Å². The van der Waals surface area contributed by atoms with Crippen molar-refractivity contribution in [2.45, 2.75) is 19.4 Å². The second kappa shape index (κ2) is 4.80. The molecule has 1 heterocycles. The van der Waals surface area contributed by atoms with Crippen molar-refractivity contribution in [3.8, 4) is 5.88 Å². The summed E-state index contributed by atoms with van der Waals surface area (Å²) in [5.74, 6) is 0.637. The van der Waals surface area contributed by atoms with Crippen LogP contribution in [-0.4, -0.2) is 30.4 Å². The molecule has 4 heteroatoms. The van der Waals surface area contributed by atoms with Crippen LogP contribution in [0.3, 0.4) is 0 Å². The summed E-state index contributed by atoms with van der Waals surface area (Å²) in [7, 11) is 1.61. The fraction of sp³-hybridized carbons (Fsp3) is 0.583. The van der Waals surface area contributed by atoms with Crippen molar-refractivity contribution in [2.75, 3.05) is 20.3 Å². The molecule has 0 atom stereocenters. The van der Waals surface area contributed by atoms with Gasteiger partial charge in [0.2, 0.25) is 5.88 Å². The Kier molecular flexibility index (Phi) is 3.41. The maximum Gasteiger partial charge on any atom is 0.212 e. The Balaban J connectivity index is 1.76. The minimum Gasteiger partial charge on any atom is -0.481 e. The third kappa shape index (κ3) is 2.71. The molecule has 16 heavy (non-hydrogen) atoms. The van der Waals surface area contributed by atoms with Crippen LogP contribution in [0.1, 0.15) is 18.4 Å². The van der Waals surface area contributed by atoms with Gasteiger partial charge in [0.25, 0.3) is 0 Å². The van der Waals surface area contributed by atoms with Crippen LogP contribution in [-0.2, 0) is 6.54 Å². The molecule has 2 rings (SSSR count). The zero-order valence-electron chi connectivity index (χ0n) is 9.57. The standard InChI is InChI=1S/C12H18N2O2/c1-16-11-3-2-10(7-14-11)6-13-8-12(9-15)4-5-12/h2-3,7,13,15H,4-6,8-9H2,1H3. The SMILES string of the molecule is COc1ccc(CNCC2(CO)CC2)cn1. The molecule has 2 N–H and O–H groups in total. The van der Waals surface area contributed by atoms with Gasteiger partial charge >= 0.3 is 0 Å². The summed E-state index contributed by atoms with van der Waals surface area (Å²) in [6, 6.07) is 3.85. The minimum absolute atomic E-state index is 0.167. The van der Waals surface area contributed by atoms with E-state index in [0.29, 0.717) is 12.5 Å². The Hall–Kier alpha value is -1.13. The van der Waals surface area contributed by atoms with Crippen LogP contribution in [0.15, 0.2) is 18.3 Å². The van der Waals surface area contributed by atoms with Crippen LogP contribution in [0, 0.1) is 5.41 Å². The van der Waals surface area contributed by atoms with E-state index in [4.69, 9.17) is 9.84 Å². The van der Waals surface area contributed by atoms with Gasteiger partial charge in [-0.2, -0.15) is 0 Å². The largest absolute Gasteiger partial charge is 0.481 e. The fourth-order valence-electron chi connectivity index (χ4n) is 1.68. The molecule has 1 aromatic heterocycles. The zero-order valence-corrected chi connectivity index (χ0v) is 9.57. The molecule has 1 saturated carbocycles. The summed E-state index contributed by atoms with van der Waals surface area (Å²) in [6.45, 7) is 1.97. The maximum atomic E-state index is 9.15. The summed E-state index contributed by atoms with van der Waals surface area (Å²) in [5, 5.41) is 12.5. The van der Waals surface area contributed by atoms with E-state index in [0.717, 1.165) is 31.5 Å². The number of aliphatic hydroxyl groups excluding tert-OH is 1. The number of hydrogen-bond donors (Lipinski definition) is 2. The lowest BCUT2D eigenvalue weighted by Gasteiger charge is -2.12. The number of nitrogens with zero attached hydrogens (tertiary/aromatic N) is 1. The van der Waals surface area contributed by atoms with Crippen LogP contribution >= 0.6 is 0 Å². The lowest BCUT2D eigenvalue weighted by molar-refractivity contribution is 0.207. The quantitative estimate of drug-likeness (QED) is 0.752. The first-order valence-electron chi connectivity index (χ1n) is 5.58. The van der Waals surface area contributed by atoms with E-state index >= 15 is 0 Å². The van der Waals surface area contributed by atoms with Crippen LogP contribution in [0.2, 0.25) is 0 Å². The molecule has 0 saturated heterocycles. The number of ether oxygens (including phenoxy) is 1. The summed E-state index contributed by atoms with van der Waals surface area (Å²) in [4.78, 5) is 4.14. The van der Waals surface area contributed by atoms with Gasteiger partial charge < -0.3 is 15.2 Å². The Morgan fingerprint density at radius 2 is 2.31 bits per heavy atom. The van der Waals surface area contributed by atoms with Gasteiger partial charge in [-0.25, -0.2) is 4.98 Å². The Bertz CT molecular complexity index is 333. The van der Waals surface area contributed by atoms with Crippen molar-refractivity contribution in [1.29, 1.82) is 0 Å². The van der Waals surface area contributed by atoms with E-state index in [-0.39, 0.29) is 5.41 Å². The first-order chi connectivity index (χ1) is 7.78. The van der Waals surface area contributed by atoms with E-state index in [9.17, 15) is 0 Å². The van der Waals surface area contributed by atoms with E-state index < -0.39 is 0 Å². The summed E-state index contributed by atoms with van der Waals surface area (Å²) in [6.07, 6.45) is 4.08. The summed E-state index contributed by atoms with van der Waals surface area (Å²) in [5.41, 5.74) is 1.30. The van der Waals surface area contributed by atoms with Gasteiger partial charge in [-0.05, 0) is 18.4 Å². The second-order valence-electron chi connectivity index (χ2n) is 4.47. The number of pyridine rings is 1. The first kappa shape index (κ1) is 11.4. The van der Waals surface area contributed by atoms with Gasteiger partial charge in [0.05, 0.1) is 7.11 Å². The number of methoxy groups -OCH3 is 1. The molecular formula is C12H18N2O2. The van der Waals surface area contributed by atoms with Crippen molar-refractivity contribution in [2.24, 2.45) is 5.41 Å².